The van der Waals surface area contributed by atoms with E-state index >= 15 is 0 Å². The van der Waals surface area contributed by atoms with E-state index in [0.29, 0.717) is 40.8 Å². The lowest BCUT2D eigenvalue weighted by Crippen LogP contribution is -2.29. The van der Waals surface area contributed by atoms with Gasteiger partial charge in [0.05, 0.1) is 19.2 Å². The Labute approximate surface area is 224 Å². The molecule has 2 aromatic carbocycles. The minimum Gasteiger partial charge on any atom is -0.493 e. The minimum atomic E-state index is -0.174. The average Bonchev–Trinajstić information content (AvgIpc) is 3.42. The zero-order chi connectivity index (χ0) is 27.4. The molecule has 0 saturated carbocycles. The molecule has 5 rings (SSSR count). The minimum absolute atomic E-state index is 0.174. The number of benzene rings is 2. The molecular formula is C28H27N7O4. The van der Waals surface area contributed by atoms with Crippen molar-refractivity contribution >= 4 is 34.0 Å². The lowest BCUT2D eigenvalue weighted by Gasteiger charge is -2.17. The van der Waals surface area contributed by atoms with Crippen LogP contribution in [0.15, 0.2) is 74.0 Å². The molecule has 0 fully saturated rings. The number of likely N-dealkylation sites (N-methyl/N-ethyl adjacent to an activating group) is 1. The molecule has 0 aliphatic heterocycles. The van der Waals surface area contributed by atoms with Gasteiger partial charge in [-0.2, -0.15) is 5.10 Å². The first-order chi connectivity index (χ1) is 18.9. The summed E-state index contributed by atoms with van der Waals surface area (Å²) >= 11 is 0. The number of anilines is 2. The molecular weight excluding hydrogens is 498 g/mol. The zero-order valence-corrected chi connectivity index (χ0v) is 21.8. The maximum Gasteiger partial charge on any atom is 0.245 e. The topological polar surface area (TPSA) is 116 Å². The Morgan fingerprint density at radius 2 is 1.95 bits per heavy atom. The lowest BCUT2D eigenvalue weighted by molar-refractivity contribution is -0.125. The highest BCUT2D eigenvalue weighted by molar-refractivity contribution is 5.93. The molecule has 0 atom stereocenters. The quantitative estimate of drug-likeness (QED) is 0.262. The SMILES string of the molecule is C=CC(=O)N(C)CCOc1cc2c(Nc3ccc(Oc4ccn5ncnc5c4)c(C)c3)ncnc2cc1OC. The summed E-state index contributed by atoms with van der Waals surface area (Å²) in [4.78, 5) is 26.3. The van der Waals surface area contributed by atoms with Crippen LogP contribution in [0, 0.1) is 6.92 Å². The van der Waals surface area contributed by atoms with Crippen molar-refractivity contribution in [2.45, 2.75) is 6.92 Å². The summed E-state index contributed by atoms with van der Waals surface area (Å²) in [5.41, 5.74) is 3.16. The second-order valence-electron chi connectivity index (χ2n) is 8.69. The van der Waals surface area contributed by atoms with Crippen LogP contribution in [0.4, 0.5) is 11.5 Å². The molecule has 0 aliphatic rings. The van der Waals surface area contributed by atoms with Crippen molar-refractivity contribution < 1.29 is 19.0 Å². The molecule has 5 aromatic rings. The van der Waals surface area contributed by atoms with Crippen LogP contribution < -0.4 is 19.5 Å². The number of carbonyl (C=O) groups is 1. The van der Waals surface area contributed by atoms with Gasteiger partial charge in [-0.15, -0.1) is 0 Å². The molecule has 0 saturated heterocycles. The first kappa shape index (κ1) is 25.5. The normalized spacial score (nSPS) is 10.8. The van der Waals surface area contributed by atoms with Gasteiger partial charge in [-0.25, -0.2) is 19.5 Å². The summed E-state index contributed by atoms with van der Waals surface area (Å²) in [7, 11) is 3.26. The summed E-state index contributed by atoms with van der Waals surface area (Å²) in [5, 5.41) is 8.23. The largest absolute Gasteiger partial charge is 0.493 e. The average molecular weight is 526 g/mol. The number of nitrogens with zero attached hydrogens (tertiary/aromatic N) is 6. The number of amides is 1. The lowest BCUT2D eigenvalue weighted by atomic mass is 10.1. The van der Waals surface area contributed by atoms with Crippen LogP contribution >= 0.6 is 0 Å². The van der Waals surface area contributed by atoms with Gasteiger partial charge in [0.25, 0.3) is 0 Å². The van der Waals surface area contributed by atoms with E-state index in [2.05, 4.69) is 31.9 Å². The predicted octanol–water partition coefficient (Wildman–Crippen LogP) is 4.55. The standard InChI is InChI=1S/C28H27N7O4/c1-5-27(36)34(3)10-11-38-25-14-21-22(15-24(25)37-4)29-16-31-28(21)33-19-6-7-23(18(2)12-19)39-20-8-9-35-26(13-20)30-17-32-35/h5-9,12-17H,1,10-11H2,2-4H3,(H,29,31,33). The number of nitrogens with one attached hydrogen (secondary N) is 1. The summed E-state index contributed by atoms with van der Waals surface area (Å²) in [6, 6.07) is 13.1. The molecule has 11 nitrogen and oxygen atoms in total. The molecule has 39 heavy (non-hydrogen) atoms. The molecule has 3 heterocycles. The fourth-order valence-corrected chi connectivity index (χ4v) is 3.96. The van der Waals surface area contributed by atoms with Crippen molar-refractivity contribution in [3.63, 3.8) is 0 Å². The third kappa shape index (κ3) is 5.57. The number of carbonyl (C=O) groups excluding carboxylic acids is 1. The number of hydrogen-bond acceptors (Lipinski definition) is 9. The van der Waals surface area contributed by atoms with Crippen LogP contribution in [0.25, 0.3) is 16.6 Å². The number of rotatable bonds is 10. The number of aromatic nitrogens is 5. The van der Waals surface area contributed by atoms with Crippen molar-refractivity contribution in [2.24, 2.45) is 0 Å². The molecule has 0 spiro atoms. The second-order valence-corrected chi connectivity index (χ2v) is 8.69. The number of fused-ring (bicyclic) bond motifs is 2. The fraction of sp³-hybridized carbons (Fsp3) is 0.179. The smallest absolute Gasteiger partial charge is 0.245 e. The van der Waals surface area contributed by atoms with Crippen LogP contribution in [-0.4, -0.2) is 62.7 Å². The third-order valence-electron chi connectivity index (χ3n) is 6.07. The van der Waals surface area contributed by atoms with Gasteiger partial charge in [0, 0.05) is 36.5 Å². The number of methoxy groups -OCH3 is 1. The highest BCUT2D eigenvalue weighted by atomic mass is 16.5. The molecule has 0 bridgehead atoms. The van der Waals surface area contributed by atoms with Gasteiger partial charge in [0.2, 0.25) is 5.91 Å². The Morgan fingerprint density at radius 1 is 1.08 bits per heavy atom. The van der Waals surface area contributed by atoms with Gasteiger partial charge >= 0.3 is 0 Å². The van der Waals surface area contributed by atoms with Gasteiger partial charge in [0.15, 0.2) is 17.1 Å². The predicted molar refractivity (Wildman–Crippen MR) is 147 cm³/mol. The molecule has 198 valence electrons. The zero-order valence-electron chi connectivity index (χ0n) is 21.8. The van der Waals surface area contributed by atoms with E-state index in [4.69, 9.17) is 14.2 Å². The highest BCUT2D eigenvalue weighted by Crippen LogP contribution is 2.35. The Balaban J connectivity index is 1.35. The summed E-state index contributed by atoms with van der Waals surface area (Å²) < 4.78 is 19.2. The van der Waals surface area contributed by atoms with E-state index in [1.54, 1.807) is 30.9 Å². The van der Waals surface area contributed by atoms with E-state index in [-0.39, 0.29) is 12.5 Å². The Hall–Kier alpha value is -5.19. The molecule has 1 amide bonds. The van der Waals surface area contributed by atoms with Gasteiger partial charge in [-0.3, -0.25) is 4.79 Å². The molecule has 0 unspecified atom stereocenters. The molecule has 11 heteroatoms. The van der Waals surface area contributed by atoms with Crippen LogP contribution in [-0.2, 0) is 4.79 Å². The molecule has 1 N–H and O–H groups in total. The van der Waals surface area contributed by atoms with Crippen molar-refractivity contribution in [3.05, 3.63) is 79.5 Å². The van der Waals surface area contributed by atoms with Crippen molar-refractivity contribution in [1.29, 1.82) is 0 Å². The first-order valence-corrected chi connectivity index (χ1v) is 12.1. The maximum absolute atomic E-state index is 11.7. The Morgan fingerprint density at radius 3 is 2.74 bits per heavy atom. The maximum atomic E-state index is 11.7. The fourth-order valence-electron chi connectivity index (χ4n) is 3.96. The number of aryl methyl sites for hydroxylation is 1. The molecule has 0 radical (unpaired) electrons. The van der Waals surface area contributed by atoms with Gasteiger partial charge in [-0.05, 0) is 48.9 Å². The van der Waals surface area contributed by atoms with Crippen LogP contribution in [0.1, 0.15) is 5.56 Å². The highest BCUT2D eigenvalue weighted by Gasteiger charge is 2.14. The van der Waals surface area contributed by atoms with Crippen molar-refractivity contribution in [2.75, 3.05) is 32.6 Å². The summed E-state index contributed by atoms with van der Waals surface area (Å²) in [5.74, 6) is 2.88. The van der Waals surface area contributed by atoms with Gasteiger partial charge in [-0.1, -0.05) is 6.58 Å². The summed E-state index contributed by atoms with van der Waals surface area (Å²) in [6.07, 6.45) is 6.06. The monoisotopic (exact) mass is 525 g/mol. The number of ether oxygens (including phenoxy) is 3. The van der Waals surface area contributed by atoms with Crippen LogP contribution in [0.5, 0.6) is 23.0 Å². The van der Waals surface area contributed by atoms with E-state index in [0.717, 1.165) is 22.4 Å². The van der Waals surface area contributed by atoms with Crippen LogP contribution in [0.3, 0.4) is 0 Å². The number of hydrogen-bond donors (Lipinski definition) is 1. The van der Waals surface area contributed by atoms with E-state index in [1.165, 1.54) is 23.6 Å². The Kier molecular flexibility index (Phi) is 7.21. The van der Waals surface area contributed by atoms with Gasteiger partial charge < -0.3 is 24.4 Å². The van der Waals surface area contributed by atoms with Crippen LogP contribution in [0.2, 0.25) is 0 Å². The summed E-state index contributed by atoms with van der Waals surface area (Å²) in [6.45, 7) is 6.15. The molecule has 0 aliphatic carbocycles. The van der Waals surface area contributed by atoms with E-state index in [1.807, 2.05) is 43.3 Å². The van der Waals surface area contributed by atoms with E-state index < -0.39 is 0 Å². The molecule has 3 aromatic heterocycles. The second kappa shape index (κ2) is 11.1. The van der Waals surface area contributed by atoms with Crippen molar-refractivity contribution in [3.8, 4) is 23.0 Å². The number of pyridine rings is 1. The first-order valence-electron chi connectivity index (χ1n) is 12.1. The van der Waals surface area contributed by atoms with E-state index in [9.17, 15) is 4.79 Å². The Bertz CT molecular complexity index is 1670. The van der Waals surface area contributed by atoms with Crippen molar-refractivity contribution in [1.82, 2.24) is 29.5 Å². The van der Waals surface area contributed by atoms with Gasteiger partial charge in [0.1, 0.15) is 36.6 Å². The third-order valence-corrected chi connectivity index (χ3v) is 6.07.